The minimum Gasteiger partial charge on any atom is -0.308 e. The van der Waals surface area contributed by atoms with Gasteiger partial charge in [0, 0.05) is 39.6 Å². The molecule has 0 aliphatic carbocycles. The molecule has 0 atom stereocenters. The van der Waals surface area contributed by atoms with Crippen molar-refractivity contribution in [2.24, 2.45) is 0 Å². The Morgan fingerprint density at radius 1 is 1.50 bits per heavy atom. The molecule has 0 aromatic carbocycles. The van der Waals surface area contributed by atoms with Crippen molar-refractivity contribution in [3.8, 4) is 0 Å². The molecule has 14 heavy (non-hydrogen) atoms. The van der Waals surface area contributed by atoms with E-state index < -0.39 is 0 Å². The molecule has 74 valence electrons. The number of nitrogens with one attached hydrogen (secondary N) is 2. The van der Waals surface area contributed by atoms with E-state index in [1.54, 1.807) is 11.3 Å². The van der Waals surface area contributed by atoms with Gasteiger partial charge in [0.2, 0.25) is 0 Å². The Labute approximate surface area is 94.7 Å². The smallest absolute Gasteiger partial charge is 0.0532 e. The van der Waals surface area contributed by atoms with Gasteiger partial charge in [0.05, 0.1) is 6.20 Å². The van der Waals surface area contributed by atoms with Crippen LogP contribution >= 0.6 is 27.3 Å². The molecule has 3 nitrogen and oxygen atoms in total. The Bertz CT molecular complexity index is 382. The van der Waals surface area contributed by atoms with Crippen LogP contribution in [0.25, 0.3) is 0 Å². The van der Waals surface area contributed by atoms with Crippen LogP contribution in [0.4, 0.5) is 0 Å². The Morgan fingerprint density at radius 2 is 2.43 bits per heavy atom. The quantitative estimate of drug-likeness (QED) is 0.897. The van der Waals surface area contributed by atoms with E-state index in [4.69, 9.17) is 0 Å². The van der Waals surface area contributed by atoms with E-state index in [9.17, 15) is 0 Å². The summed E-state index contributed by atoms with van der Waals surface area (Å²) in [5.74, 6) is 0. The summed E-state index contributed by atoms with van der Waals surface area (Å²) in [6.07, 6.45) is 3.73. The van der Waals surface area contributed by atoms with Crippen molar-refractivity contribution in [3.63, 3.8) is 0 Å². The molecule has 0 fully saturated rings. The number of hydrogen-bond acceptors (Lipinski definition) is 3. The van der Waals surface area contributed by atoms with E-state index >= 15 is 0 Å². The minimum absolute atomic E-state index is 0.853. The van der Waals surface area contributed by atoms with E-state index in [2.05, 4.69) is 42.9 Å². The van der Waals surface area contributed by atoms with Crippen LogP contribution in [0.2, 0.25) is 0 Å². The molecule has 5 heteroatoms. The third kappa shape index (κ3) is 2.67. The lowest BCUT2D eigenvalue weighted by Gasteiger charge is -1.99. The zero-order valence-corrected chi connectivity index (χ0v) is 9.86. The number of H-pyrrole nitrogens is 1. The molecule has 0 saturated carbocycles. The third-order valence-corrected chi connectivity index (χ3v) is 3.50. The van der Waals surface area contributed by atoms with Crippen molar-refractivity contribution in [2.75, 3.05) is 0 Å². The molecule has 2 aromatic rings. The van der Waals surface area contributed by atoms with E-state index in [1.165, 1.54) is 10.4 Å². The lowest BCUT2D eigenvalue weighted by Crippen LogP contribution is -2.10. The van der Waals surface area contributed by atoms with Crippen LogP contribution in [-0.2, 0) is 13.1 Å². The lowest BCUT2D eigenvalue weighted by atomic mass is 10.3. The molecule has 0 aliphatic heterocycles. The highest BCUT2D eigenvalue weighted by molar-refractivity contribution is 9.10. The van der Waals surface area contributed by atoms with Crippen molar-refractivity contribution in [2.45, 2.75) is 13.1 Å². The predicted octanol–water partition coefficient (Wildman–Crippen LogP) is 2.52. The van der Waals surface area contributed by atoms with E-state index in [0.717, 1.165) is 17.6 Å². The molecule has 2 N–H and O–H groups in total. The molecule has 0 radical (unpaired) electrons. The number of rotatable bonds is 4. The highest BCUT2D eigenvalue weighted by Crippen LogP contribution is 2.19. The van der Waals surface area contributed by atoms with Gasteiger partial charge in [0.15, 0.2) is 0 Å². The van der Waals surface area contributed by atoms with Gasteiger partial charge in [-0.25, -0.2) is 0 Å². The van der Waals surface area contributed by atoms with Gasteiger partial charge >= 0.3 is 0 Å². The fourth-order valence-corrected chi connectivity index (χ4v) is 2.57. The van der Waals surface area contributed by atoms with Crippen LogP contribution in [0.15, 0.2) is 28.3 Å². The molecular weight excluding hydrogens is 262 g/mol. The van der Waals surface area contributed by atoms with Gasteiger partial charge in [-0.2, -0.15) is 5.10 Å². The fourth-order valence-electron chi connectivity index (χ4n) is 1.15. The second-order valence-corrected chi connectivity index (χ2v) is 4.85. The molecule has 0 aliphatic rings. The van der Waals surface area contributed by atoms with E-state index in [1.807, 2.05) is 12.4 Å². The van der Waals surface area contributed by atoms with Gasteiger partial charge in [-0.1, -0.05) is 0 Å². The second kappa shape index (κ2) is 4.72. The Kier molecular flexibility index (Phi) is 3.34. The average molecular weight is 272 g/mol. The summed E-state index contributed by atoms with van der Waals surface area (Å²) in [6, 6.07) is 2.13. The van der Waals surface area contributed by atoms with Gasteiger partial charge < -0.3 is 5.32 Å². The van der Waals surface area contributed by atoms with Crippen LogP contribution in [0.1, 0.15) is 10.4 Å². The van der Waals surface area contributed by atoms with Gasteiger partial charge in [-0.05, 0) is 22.0 Å². The van der Waals surface area contributed by atoms with E-state index in [-0.39, 0.29) is 0 Å². The van der Waals surface area contributed by atoms with Crippen molar-refractivity contribution in [1.29, 1.82) is 0 Å². The normalized spacial score (nSPS) is 10.6. The average Bonchev–Trinajstić information content (AvgIpc) is 2.77. The first kappa shape index (κ1) is 9.89. The number of aromatic nitrogens is 2. The van der Waals surface area contributed by atoms with Crippen LogP contribution in [0.5, 0.6) is 0 Å². The first-order chi connectivity index (χ1) is 6.84. The summed E-state index contributed by atoms with van der Waals surface area (Å²) in [5.41, 5.74) is 1.18. The molecule has 2 aromatic heterocycles. The summed E-state index contributed by atoms with van der Waals surface area (Å²) < 4.78 is 1.16. The summed E-state index contributed by atoms with van der Waals surface area (Å²) in [7, 11) is 0. The van der Waals surface area contributed by atoms with Gasteiger partial charge in [0.1, 0.15) is 0 Å². The van der Waals surface area contributed by atoms with Crippen molar-refractivity contribution >= 4 is 27.3 Å². The lowest BCUT2D eigenvalue weighted by molar-refractivity contribution is 0.701. The second-order valence-electron chi connectivity index (χ2n) is 2.94. The maximum atomic E-state index is 3.88. The van der Waals surface area contributed by atoms with Crippen LogP contribution in [0, 0.1) is 0 Å². The van der Waals surface area contributed by atoms with Gasteiger partial charge in [0.25, 0.3) is 0 Å². The van der Waals surface area contributed by atoms with Gasteiger partial charge in [-0.3, -0.25) is 5.10 Å². The third-order valence-electron chi connectivity index (χ3n) is 1.80. The van der Waals surface area contributed by atoms with Crippen molar-refractivity contribution in [1.82, 2.24) is 15.5 Å². The number of nitrogens with zero attached hydrogens (tertiary/aromatic N) is 1. The first-order valence-electron chi connectivity index (χ1n) is 4.26. The van der Waals surface area contributed by atoms with E-state index in [0.29, 0.717) is 0 Å². The summed E-state index contributed by atoms with van der Waals surface area (Å²) in [6.45, 7) is 1.76. The van der Waals surface area contributed by atoms with Crippen LogP contribution in [0.3, 0.4) is 0 Å². The molecule has 2 rings (SSSR count). The number of hydrogen-bond donors (Lipinski definition) is 2. The van der Waals surface area contributed by atoms with Crippen LogP contribution < -0.4 is 5.32 Å². The zero-order chi connectivity index (χ0) is 9.80. The van der Waals surface area contributed by atoms with Crippen molar-refractivity contribution in [3.05, 3.63) is 38.8 Å². The summed E-state index contributed by atoms with van der Waals surface area (Å²) >= 11 is 5.18. The van der Waals surface area contributed by atoms with Gasteiger partial charge in [-0.15, -0.1) is 11.3 Å². The van der Waals surface area contributed by atoms with Crippen LogP contribution in [-0.4, -0.2) is 10.2 Å². The Hall–Kier alpha value is -0.650. The largest absolute Gasteiger partial charge is 0.308 e. The topological polar surface area (TPSA) is 40.7 Å². The zero-order valence-electron chi connectivity index (χ0n) is 7.46. The minimum atomic E-state index is 0.853. The molecule has 0 spiro atoms. The fraction of sp³-hybridized carbons (Fsp3) is 0.222. The Morgan fingerprint density at radius 3 is 3.07 bits per heavy atom. The number of thiophene rings is 1. The molecule has 0 unspecified atom stereocenters. The predicted molar refractivity (Wildman–Crippen MR) is 61.2 cm³/mol. The molecule has 2 heterocycles. The molecule has 0 bridgehead atoms. The summed E-state index contributed by atoms with van der Waals surface area (Å²) in [5, 5.41) is 12.1. The molecule has 0 amide bonds. The first-order valence-corrected chi connectivity index (χ1v) is 5.93. The standard InChI is InChI=1S/C9H10BrN3S/c10-8-1-9(14-6-8)5-11-2-7-3-12-13-4-7/h1,3-4,6,11H,2,5H2,(H,12,13). The number of aromatic amines is 1. The maximum Gasteiger partial charge on any atom is 0.0532 e. The Balaban J connectivity index is 1.78. The highest BCUT2D eigenvalue weighted by atomic mass is 79.9. The summed E-state index contributed by atoms with van der Waals surface area (Å²) in [4.78, 5) is 1.33. The molecular formula is C9H10BrN3S. The monoisotopic (exact) mass is 271 g/mol. The number of halogens is 1. The highest BCUT2D eigenvalue weighted by Gasteiger charge is 1.97. The maximum absolute atomic E-state index is 3.88. The van der Waals surface area contributed by atoms with Crippen molar-refractivity contribution < 1.29 is 0 Å². The SMILES string of the molecule is Brc1csc(CNCc2cn[nH]c2)c1. The molecule has 0 saturated heterocycles.